The van der Waals surface area contributed by atoms with Gasteiger partial charge in [-0.3, -0.25) is 9.59 Å². The van der Waals surface area contributed by atoms with Crippen molar-refractivity contribution in [2.75, 3.05) is 31.1 Å². The van der Waals surface area contributed by atoms with E-state index in [-0.39, 0.29) is 17.7 Å². The number of anilines is 1. The number of nitrogens with one attached hydrogen (secondary N) is 1. The number of hydrogen-bond donors (Lipinski definition) is 1. The molecule has 0 saturated carbocycles. The molecule has 0 bridgehead atoms. The first-order valence-electron chi connectivity index (χ1n) is 9.58. The third kappa shape index (κ3) is 5.10. The van der Waals surface area contributed by atoms with E-state index in [9.17, 15) is 22.8 Å². The van der Waals surface area contributed by atoms with Gasteiger partial charge >= 0.3 is 6.18 Å². The number of rotatable bonds is 5. The Morgan fingerprint density at radius 3 is 2.33 bits per heavy atom. The number of pyridine rings is 1. The maximum atomic E-state index is 13.0. The first-order valence-corrected chi connectivity index (χ1v) is 10.5. The fourth-order valence-corrected chi connectivity index (χ4v) is 3.85. The maximum absolute atomic E-state index is 13.0. The lowest BCUT2D eigenvalue weighted by Gasteiger charge is -2.37. The Balaban J connectivity index is 1.60. The number of thiophene rings is 1. The Morgan fingerprint density at radius 2 is 1.83 bits per heavy atom. The molecule has 1 aliphatic heterocycles. The molecular formula is C20H23F3N4O2S. The van der Waals surface area contributed by atoms with E-state index in [1.165, 1.54) is 17.4 Å². The highest BCUT2D eigenvalue weighted by Gasteiger charge is 2.33. The summed E-state index contributed by atoms with van der Waals surface area (Å²) in [5.41, 5.74) is -0.790. The van der Waals surface area contributed by atoms with Crippen molar-refractivity contribution < 1.29 is 22.8 Å². The Hall–Kier alpha value is -2.62. The molecule has 0 spiro atoms. The quantitative estimate of drug-likeness (QED) is 0.775. The summed E-state index contributed by atoms with van der Waals surface area (Å²) >= 11 is 1.31. The second-order valence-electron chi connectivity index (χ2n) is 7.39. The number of nitrogens with zero attached hydrogens (tertiary/aromatic N) is 3. The van der Waals surface area contributed by atoms with Gasteiger partial charge in [0.05, 0.1) is 10.4 Å². The zero-order valence-electron chi connectivity index (χ0n) is 16.6. The average Bonchev–Trinajstić information content (AvgIpc) is 3.26. The van der Waals surface area contributed by atoms with Gasteiger partial charge in [0.2, 0.25) is 5.91 Å². The van der Waals surface area contributed by atoms with Crippen LogP contribution in [0, 0.1) is 5.92 Å². The zero-order valence-corrected chi connectivity index (χ0v) is 17.5. The van der Waals surface area contributed by atoms with E-state index in [0.717, 1.165) is 12.3 Å². The fourth-order valence-electron chi connectivity index (χ4n) is 3.23. The average molecular weight is 440 g/mol. The van der Waals surface area contributed by atoms with Gasteiger partial charge in [-0.15, -0.1) is 11.3 Å². The van der Waals surface area contributed by atoms with Crippen LogP contribution in [0.3, 0.4) is 0 Å². The van der Waals surface area contributed by atoms with Gasteiger partial charge in [0.15, 0.2) is 0 Å². The molecule has 2 aromatic rings. The van der Waals surface area contributed by atoms with Crippen LogP contribution in [0.5, 0.6) is 0 Å². The molecule has 0 aliphatic carbocycles. The normalized spacial score (nSPS) is 15.9. The third-order valence-corrected chi connectivity index (χ3v) is 5.82. The zero-order chi connectivity index (χ0) is 21.9. The second-order valence-corrected chi connectivity index (χ2v) is 8.34. The minimum absolute atomic E-state index is 0.0870. The van der Waals surface area contributed by atoms with Gasteiger partial charge in [-0.1, -0.05) is 19.9 Å². The van der Waals surface area contributed by atoms with E-state index in [1.54, 1.807) is 22.4 Å². The summed E-state index contributed by atoms with van der Waals surface area (Å²) in [6.45, 7) is 5.46. The molecule has 6 nitrogen and oxygen atoms in total. The van der Waals surface area contributed by atoms with Crippen molar-refractivity contribution in [1.82, 2.24) is 15.2 Å². The molecule has 10 heteroatoms. The Bertz CT molecular complexity index is 861. The summed E-state index contributed by atoms with van der Waals surface area (Å²) < 4.78 is 38.1. The lowest BCUT2D eigenvalue weighted by Crippen LogP contribution is -2.56. The van der Waals surface area contributed by atoms with Gasteiger partial charge < -0.3 is 15.1 Å². The standard InChI is InChI=1S/C20H23F3N4O2S/c1-13(2)17(25-18(28)15-4-3-11-30-15)19(29)27-9-7-26(8-10-27)16-6-5-14(12-24-16)20(21,22)23/h3-6,11-13,17H,7-10H2,1-2H3,(H,25,28). The van der Waals surface area contributed by atoms with Crippen molar-refractivity contribution in [3.63, 3.8) is 0 Å². The molecule has 0 aromatic carbocycles. The molecule has 1 atom stereocenters. The molecule has 1 fully saturated rings. The van der Waals surface area contributed by atoms with Crippen molar-refractivity contribution in [3.8, 4) is 0 Å². The van der Waals surface area contributed by atoms with E-state index >= 15 is 0 Å². The minimum atomic E-state index is -4.42. The maximum Gasteiger partial charge on any atom is 0.417 e. The van der Waals surface area contributed by atoms with Crippen molar-refractivity contribution in [3.05, 3.63) is 46.3 Å². The number of hydrogen-bond acceptors (Lipinski definition) is 5. The highest BCUT2D eigenvalue weighted by molar-refractivity contribution is 7.12. The van der Waals surface area contributed by atoms with Gasteiger partial charge in [0.1, 0.15) is 11.9 Å². The Morgan fingerprint density at radius 1 is 1.13 bits per heavy atom. The molecule has 0 radical (unpaired) electrons. The molecule has 3 heterocycles. The molecule has 2 aromatic heterocycles. The van der Waals surface area contributed by atoms with Gasteiger partial charge in [-0.05, 0) is 29.5 Å². The number of amides is 2. The number of halogens is 3. The predicted molar refractivity (Wildman–Crippen MR) is 108 cm³/mol. The molecule has 2 amide bonds. The molecule has 3 rings (SSSR count). The van der Waals surface area contributed by atoms with Crippen LogP contribution in [-0.4, -0.2) is 53.9 Å². The van der Waals surface area contributed by atoms with E-state index < -0.39 is 17.8 Å². The fraction of sp³-hybridized carbons (Fsp3) is 0.450. The van der Waals surface area contributed by atoms with Crippen LogP contribution in [0.1, 0.15) is 29.1 Å². The monoisotopic (exact) mass is 440 g/mol. The van der Waals surface area contributed by atoms with E-state index in [2.05, 4.69) is 10.3 Å². The largest absolute Gasteiger partial charge is 0.417 e. The Kier molecular flexibility index (Phi) is 6.64. The van der Waals surface area contributed by atoms with Gasteiger partial charge in [0, 0.05) is 32.4 Å². The van der Waals surface area contributed by atoms with Gasteiger partial charge in [-0.2, -0.15) is 13.2 Å². The number of carbonyl (C=O) groups is 2. The van der Waals surface area contributed by atoms with Crippen LogP contribution in [0.4, 0.5) is 19.0 Å². The third-order valence-electron chi connectivity index (χ3n) is 4.95. The van der Waals surface area contributed by atoms with Crippen molar-refractivity contribution >= 4 is 29.0 Å². The number of piperazine rings is 1. The van der Waals surface area contributed by atoms with Crippen molar-refractivity contribution in [1.29, 1.82) is 0 Å². The van der Waals surface area contributed by atoms with Crippen LogP contribution < -0.4 is 10.2 Å². The summed E-state index contributed by atoms with van der Waals surface area (Å²) in [4.78, 5) is 33.4. The van der Waals surface area contributed by atoms with Crippen LogP contribution in [0.15, 0.2) is 35.8 Å². The summed E-state index contributed by atoms with van der Waals surface area (Å²) in [6, 6.07) is 5.20. The number of alkyl halides is 3. The van der Waals surface area contributed by atoms with Gasteiger partial charge in [0.25, 0.3) is 5.91 Å². The molecule has 162 valence electrons. The van der Waals surface area contributed by atoms with Crippen LogP contribution in [-0.2, 0) is 11.0 Å². The molecule has 30 heavy (non-hydrogen) atoms. The molecular weight excluding hydrogens is 417 g/mol. The number of carbonyl (C=O) groups excluding carboxylic acids is 2. The Labute approximate surface area is 176 Å². The summed E-state index contributed by atoms with van der Waals surface area (Å²) in [7, 11) is 0. The highest BCUT2D eigenvalue weighted by atomic mass is 32.1. The van der Waals surface area contributed by atoms with E-state index in [4.69, 9.17) is 0 Å². The summed E-state index contributed by atoms with van der Waals surface area (Å²) in [6.07, 6.45) is -3.60. The van der Waals surface area contributed by atoms with Gasteiger partial charge in [-0.25, -0.2) is 4.98 Å². The first kappa shape index (κ1) is 22.1. The number of aromatic nitrogens is 1. The van der Waals surface area contributed by atoms with Crippen molar-refractivity contribution in [2.45, 2.75) is 26.1 Å². The lowest BCUT2D eigenvalue weighted by molar-refractivity contribution is -0.138. The predicted octanol–water partition coefficient (Wildman–Crippen LogP) is 3.27. The topological polar surface area (TPSA) is 65.5 Å². The van der Waals surface area contributed by atoms with Crippen molar-refractivity contribution in [2.24, 2.45) is 5.92 Å². The molecule has 1 saturated heterocycles. The SMILES string of the molecule is CC(C)C(NC(=O)c1cccs1)C(=O)N1CCN(c2ccc(C(F)(F)F)cn2)CC1. The minimum Gasteiger partial charge on any atom is -0.353 e. The summed E-state index contributed by atoms with van der Waals surface area (Å²) in [5.74, 6) is -0.0721. The van der Waals surface area contributed by atoms with Crippen LogP contribution in [0.2, 0.25) is 0 Å². The molecule has 1 aliphatic rings. The molecule has 1 unspecified atom stereocenters. The molecule has 1 N–H and O–H groups in total. The lowest BCUT2D eigenvalue weighted by atomic mass is 10.0. The van der Waals surface area contributed by atoms with E-state index in [1.807, 2.05) is 18.7 Å². The van der Waals surface area contributed by atoms with E-state index in [0.29, 0.717) is 36.9 Å². The van der Waals surface area contributed by atoms with Crippen LogP contribution in [0.25, 0.3) is 0 Å². The van der Waals surface area contributed by atoms with Crippen LogP contribution >= 0.6 is 11.3 Å². The first-order chi connectivity index (χ1) is 14.2. The summed E-state index contributed by atoms with van der Waals surface area (Å²) in [5, 5.41) is 4.63. The highest BCUT2D eigenvalue weighted by Crippen LogP contribution is 2.29. The second kappa shape index (κ2) is 9.03. The smallest absolute Gasteiger partial charge is 0.353 e.